The van der Waals surface area contributed by atoms with E-state index in [0.29, 0.717) is 18.7 Å². The van der Waals surface area contributed by atoms with Crippen LogP contribution in [-0.4, -0.2) is 42.5 Å². The number of rotatable bonds is 4. The number of benzene rings is 1. The summed E-state index contributed by atoms with van der Waals surface area (Å²) in [5.74, 6) is -0.227. The molecule has 1 fully saturated rings. The molecule has 9 heteroatoms. The number of alkyl halides is 3. The maximum Gasteiger partial charge on any atom is 0.422 e. The number of carbonyl (C=O) groups is 1. The van der Waals surface area contributed by atoms with Gasteiger partial charge < -0.3 is 20.5 Å². The molecule has 0 bridgehead atoms. The van der Waals surface area contributed by atoms with E-state index in [4.69, 9.17) is 0 Å². The van der Waals surface area contributed by atoms with Crippen LogP contribution < -0.4 is 15.4 Å². The van der Waals surface area contributed by atoms with Crippen molar-refractivity contribution in [3.05, 3.63) is 24.3 Å². The summed E-state index contributed by atoms with van der Waals surface area (Å²) in [6, 6.07) is 5.13. The molecule has 1 saturated heterocycles. The molecular formula is C13H16ClF3N2O3. The third-order valence-corrected chi connectivity index (χ3v) is 2.95. The first-order valence-electron chi connectivity index (χ1n) is 6.35. The highest BCUT2D eigenvalue weighted by atomic mass is 35.5. The van der Waals surface area contributed by atoms with Crippen LogP contribution in [0.15, 0.2) is 24.3 Å². The molecule has 0 saturated carbocycles. The minimum atomic E-state index is -4.39. The summed E-state index contributed by atoms with van der Waals surface area (Å²) in [5.41, 5.74) is 0.447. The first-order valence-corrected chi connectivity index (χ1v) is 6.35. The molecule has 0 spiro atoms. The van der Waals surface area contributed by atoms with Gasteiger partial charge in [0.2, 0.25) is 5.91 Å². The lowest BCUT2D eigenvalue weighted by Gasteiger charge is -2.12. The third kappa shape index (κ3) is 5.70. The third-order valence-electron chi connectivity index (χ3n) is 2.95. The van der Waals surface area contributed by atoms with Gasteiger partial charge in [-0.3, -0.25) is 4.79 Å². The van der Waals surface area contributed by atoms with Crippen LogP contribution in [0.25, 0.3) is 0 Å². The summed E-state index contributed by atoms with van der Waals surface area (Å²) < 4.78 is 40.5. The molecule has 0 aliphatic carbocycles. The van der Waals surface area contributed by atoms with Gasteiger partial charge in [-0.15, -0.1) is 12.4 Å². The van der Waals surface area contributed by atoms with E-state index in [9.17, 15) is 23.1 Å². The van der Waals surface area contributed by atoms with Gasteiger partial charge in [-0.25, -0.2) is 0 Å². The Bertz CT molecular complexity index is 496. The van der Waals surface area contributed by atoms with E-state index in [2.05, 4.69) is 15.4 Å². The number of anilines is 1. The van der Waals surface area contributed by atoms with Crippen LogP contribution in [0.4, 0.5) is 18.9 Å². The number of hydrogen-bond acceptors (Lipinski definition) is 4. The van der Waals surface area contributed by atoms with Crippen LogP contribution in [0, 0.1) is 0 Å². The highest BCUT2D eigenvalue weighted by Gasteiger charge is 2.29. The van der Waals surface area contributed by atoms with Gasteiger partial charge in [0.1, 0.15) is 5.75 Å². The van der Waals surface area contributed by atoms with E-state index < -0.39 is 24.9 Å². The van der Waals surface area contributed by atoms with Crippen LogP contribution in [0.3, 0.4) is 0 Å². The molecular weight excluding hydrogens is 325 g/mol. The Morgan fingerprint density at radius 2 is 2.00 bits per heavy atom. The fraction of sp³-hybridized carbons (Fsp3) is 0.462. The number of aliphatic hydroxyl groups excluding tert-OH is 1. The Morgan fingerprint density at radius 3 is 2.50 bits per heavy atom. The van der Waals surface area contributed by atoms with E-state index in [1.807, 2.05) is 0 Å². The standard InChI is InChI=1S/C13H15F3N2O3.ClH/c14-13(15,16)7-21-10-3-1-8(2-4-10)18-12(20)11-5-9(19)6-17-11;/h1-4,9,11,17,19H,5-7H2,(H,18,20);1H. The summed E-state index contributed by atoms with van der Waals surface area (Å²) in [6.07, 6.45) is -4.60. The predicted octanol–water partition coefficient (Wildman–Crippen LogP) is 1.71. The molecule has 2 atom stereocenters. The van der Waals surface area contributed by atoms with Crippen LogP contribution in [0.1, 0.15) is 6.42 Å². The number of carbonyl (C=O) groups excluding carboxylic acids is 1. The highest BCUT2D eigenvalue weighted by molar-refractivity contribution is 5.95. The van der Waals surface area contributed by atoms with E-state index in [0.717, 1.165) is 0 Å². The first-order chi connectivity index (χ1) is 9.83. The predicted molar refractivity (Wildman–Crippen MR) is 76.3 cm³/mol. The van der Waals surface area contributed by atoms with Crippen molar-refractivity contribution in [2.75, 3.05) is 18.5 Å². The van der Waals surface area contributed by atoms with E-state index >= 15 is 0 Å². The Labute approximate surface area is 131 Å². The molecule has 1 aliphatic heterocycles. The van der Waals surface area contributed by atoms with E-state index in [1.165, 1.54) is 24.3 Å². The SMILES string of the molecule is Cl.O=C(Nc1ccc(OCC(F)(F)F)cc1)C1CC(O)CN1. The zero-order chi connectivity index (χ0) is 15.5. The van der Waals surface area contributed by atoms with Crippen LogP contribution in [0.2, 0.25) is 0 Å². The maximum absolute atomic E-state index is 12.0. The fourth-order valence-electron chi connectivity index (χ4n) is 1.95. The number of aliphatic hydroxyl groups is 1. The largest absolute Gasteiger partial charge is 0.484 e. The van der Waals surface area contributed by atoms with Crippen molar-refractivity contribution in [3.8, 4) is 5.75 Å². The maximum atomic E-state index is 12.0. The second-order valence-electron chi connectivity index (χ2n) is 4.77. The lowest BCUT2D eigenvalue weighted by Crippen LogP contribution is -2.35. The van der Waals surface area contributed by atoms with Gasteiger partial charge >= 0.3 is 6.18 Å². The van der Waals surface area contributed by atoms with Crippen molar-refractivity contribution in [2.45, 2.75) is 24.7 Å². The molecule has 1 aliphatic rings. The molecule has 3 N–H and O–H groups in total. The van der Waals surface area contributed by atoms with Crippen molar-refractivity contribution in [1.82, 2.24) is 5.32 Å². The second-order valence-corrected chi connectivity index (χ2v) is 4.77. The zero-order valence-corrected chi connectivity index (χ0v) is 12.2. The summed E-state index contributed by atoms with van der Waals surface area (Å²) in [4.78, 5) is 11.8. The van der Waals surface area contributed by atoms with Gasteiger partial charge in [-0.2, -0.15) is 13.2 Å². The Balaban J connectivity index is 0.00000242. The van der Waals surface area contributed by atoms with E-state index in [-0.39, 0.29) is 24.1 Å². The summed E-state index contributed by atoms with van der Waals surface area (Å²) in [7, 11) is 0. The number of halogens is 4. The van der Waals surface area contributed by atoms with Crippen molar-refractivity contribution in [1.29, 1.82) is 0 Å². The molecule has 124 valence electrons. The van der Waals surface area contributed by atoms with Crippen LogP contribution >= 0.6 is 12.4 Å². The Hall–Kier alpha value is -1.51. The highest BCUT2D eigenvalue weighted by Crippen LogP contribution is 2.20. The molecule has 1 aromatic carbocycles. The molecule has 1 aromatic rings. The molecule has 2 rings (SSSR count). The van der Waals surface area contributed by atoms with Gasteiger partial charge in [0, 0.05) is 12.2 Å². The number of hydrogen-bond donors (Lipinski definition) is 3. The zero-order valence-electron chi connectivity index (χ0n) is 11.4. The Morgan fingerprint density at radius 1 is 1.36 bits per heavy atom. The molecule has 1 amide bonds. The van der Waals surface area contributed by atoms with Gasteiger partial charge in [0.05, 0.1) is 12.1 Å². The van der Waals surface area contributed by atoms with Gasteiger partial charge in [0.25, 0.3) is 0 Å². The lowest BCUT2D eigenvalue weighted by atomic mass is 10.2. The van der Waals surface area contributed by atoms with Crippen molar-refractivity contribution in [2.24, 2.45) is 0 Å². The summed E-state index contributed by atoms with van der Waals surface area (Å²) in [5, 5.41) is 14.8. The van der Waals surface area contributed by atoms with Gasteiger partial charge in [0.15, 0.2) is 6.61 Å². The monoisotopic (exact) mass is 340 g/mol. The average molecular weight is 341 g/mol. The lowest BCUT2D eigenvalue weighted by molar-refractivity contribution is -0.153. The number of ether oxygens (including phenoxy) is 1. The second kappa shape index (κ2) is 7.66. The number of amides is 1. The summed E-state index contributed by atoms with van der Waals surface area (Å²) >= 11 is 0. The average Bonchev–Trinajstić information content (AvgIpc) is 2.84. The molecule has 5 nitrogen and oxygen atoms in total. The molecule has 2 unspecified atom stereocenters. The number of nitrogens with one attached hydrogen (secondary N) is 2. The van der Waals surface area contributed by atoms with Crippen LogP contribution in [0.5, 0.6) is 5.75 Å². The fourth-order valence-corrected chi connectivity index (χ4v) is 1.95. The minimum absolute atomic E-state index is 0. The van der Waals surface area contributed by atoms with E-state index in [1.54, 1.807) is 0 Å². The molecule has 0 aromatic heterocycles. The van der Waals surface area contributed by atoms with Crippen molar-refractivity contribution in [3.63, 3.8) is 0 Å². The quantitative estimate of drug-likeness (QED) is 0.780. The number of β-amino-alcohol motifs (C(OH)–C–C–N with tert-alkyl or cyclic N) is 1. The van der Waals surface area contributed by atoms with Crippen LogP contribution in [-0.2, 0) is 4.79 Å². The van der Waals surface area contributed by atoms with Gasteiger partial charge in [-0.1, -0.05) is 0 Å². The smallest absolute Gasteiger partial charge is 0.422 e. The Kier molecular flexibility index (Phi) is 6.46. The first kappa shape index (κ1) is 18.5. The molecule has 1 heterocycles. The molecule has 22 heavy (non-hydrogen) atoms. The molecule has 0 radical (unpaired) electrons. The van der Waals surface area contributed by atoms with Crippen molar-refractivity contribution < 1.29 is 27.8 Å². The topological polar surface area (TPSA) is 70.6 Å². The van der Waals surface area contributed by atoms with Crippen molar-refractivity contribution >= 4 is 24.0 Å². The normalized spacial score (nSPS) is 21.1. The summed E-state index contributed by atoms with van der Waals surface area (Å²) in [6.45, 7) is -0.995. The van der Waals surface area contributed by atoms with Gasteiger partial charge in [-0.05, 0) is 30.7 Å². The minimum Gasteiger partial charge on any atom is -0.484 e.